The van der Waals surface area contributed by atoms with Gasteiger partial charge in [-0.3, -0.25) is 0 Å². The molecule has 0 unspecified atom stereocenters. The lowest BCUT2D eigenvalue weighted by atomic mass is 10.2. The number of hydrogen-bond donors (Lipinski definition) is 1. The van der Waals surface area contributed by atoms with Crippen LogP contribution in [-0.2, 0) is 34.0 Å². The maximum Gasteiger partial charge on any atom is 0.410 e. The third-order valence-electron chi connectivity index (χ3n) is 6.42. The molecule has 0 saturated carbocycles. The Balaban J connectivity index is 1.61. The maximum absolute atomic E-state index is 13.1. The molecular weight excluding hydrogens is 538 g/mol. The Hall–Kier alpha value is -4.57. The van der Waals surface area contributed by atoms with E-state index in [2.05, 4.69) is 0 Å². The topological polar surface area (TPSA) is 109 Å². The van der Waals surface area contributed by atoms with Crippen molar-refractivity contribution in [1.29, 1.82) is 0 Å². The average Bonchev–Trinajstić information content (AvgIpc) is 3.04. The van der Waals surface area contributed by atoms with E-state index in [9.17, 15) is 19.5 Å². The SMILES string of the molecule is CCN(CCN(CCN(CCO)C(=O)OCc1ccccc1)C(=O)OCc1ccccc1)C(=O)OCc1ccccc1. The molecule has 0 radical (unpaired) electrons. The third kappa shape index (κ3) is 11.1. The zero-order chi connectivity index (χ0) is 30.0. The van der Waals surface area contributed by atoms with Gasteiger partial charge in [0.05, 0.1) is 6.61 Å². The monoisotopic (exact) mass is 577 g/mol. The van der Waals surface area contributed by atoms with Gasteiger partial charge in [-0.25, -0.2) is 14.4 Å². The number of hydrogen-bond acceptors (Lipinski definition) is 7. The molecule has 0 heterocycles. The molecule has 3 aromatic carbocycles. The minimum Gasteiger partial charge on any atom is -0.445 e. The summed E-state index contributed by atoms with van der Waals surface area (Å²) in [5.41, 5.74) is 2.53. The van der Waals surface area contributed by atoms with E-state index in [1.165, 1.54) is 14.7 Å². The van der Waals surface area contributed by atoms with Crippen molar-refractivity contribution in [2.24, 2.45) is 0 Å². The molecule has 1 N–H and O–H groups in total. The quantitative estimate of drug-likeness (QED) is 0.256. The lowest BCUT2D eigenvalue weighted by Gasteiger charge is -2.29. The lowest BCUT2D eigenvalue weighted by Crippen LogP contribution is -2.46. The molecule has 10 heteroatoms. The molecule has 0 aromatic heterocycles. The van der Waals surface area contributed by atoms with Gasteiger partial charge in [-0.1, -0.05) is 91.0 Å². The minimum atomic E-state index is -0.606. The Bertz CT molecular complexity index is 1210. The second kappa shape index (κ2) is 18.0. The first-order valence-corrected chi connectivity index (χ1v) is 14.0. The Morgan fingerprint density at radius 2 is 0.833 bits per heavy atom. The van der Waals surface area contributed by atoms with E-state index in [0.29, 0.717) is 6.54 Å². The molecule has 0 fully saturated rings. The van der Waals surface area contributed by atoms with Crippen molar-refractivity contribution in [1.82, 2.24) is 14.7 Å². The number of carbonyl (C=O) groups excluding carboxylic acids is 3. The summed E-state index contributed by atoms with van der Waals surface area (Å²) in [4.78, 5) is 42.9. The molecule has 0 saturated heterocycles. The van der Waals surface area contributed by atoms with Gasteiger partial charge in [0.2, 0.25) is 0 Å². The molecule has 0 aliphatic carbocycles. The Labute approximate surface area is 247 Å². The van der Waals surface area contributed by atoms with Crippen molar-refractivity contribution in [3.63, 3.8) is 0 Å². The summed E-state index contributed by atoms with van der Waals surface area (Å²) in [6.45, 7) is 2.81. The highest BCUT2D eigenvalue weighted by Crippen LogP contribution is 2.08. The average molecular weight is 578 g/mol. The van der Waals surface area contributed by atoms with E-state index < -0.39 is 18.3 Å². The van der Waals surface area contributed by atoms with Crippen molar-refractivity contribution < 1.29 is 33.7 Å². The van der Waals surface area contributed by atoms with Crippen LogP contribution in [0.2, 0.25) is 0 Å². The smallest absolute Gasteiger partial charge is 0.410 e. The van der Waals surface area contributed by atoms with Crippen LogP contribution in [0.4, 0.5) is 14.4 Å². The van der Waals surface area contributed by atoms with E-state index in [4.69, 9.17) is 14.2 Å². The van der Waals surface area contributed by atoms with Crippen molar-refractivity contribution in [3.8, 4) is 0 Å². The Kier molecular flexibility index (Phi) is 13.7. The van der Waals surface area contributed by atoms with Crippen molar-refractivity contribution in [3.05, 3.63) is 108 Å². The van der Waals surface area contributed by atoms with Crippen LogP contribution in [0.1, 0.15) is 23.6 Å². The molecule has 3 aromatic rings. The summed E-state index contributed by atoms with van der Waals surface area (Å²) < 4.78 is 16.4. The van der Waals surface area contributed by atoms with Gasteiger partial charge in [0.25, 0.3) is 0 Å². The first-order chi connectivity index (χ1) is 20.5. The molecule has 10 nitrogen and oxygen atoms in total. The number of benzene rings is 3. The molecule has 0 spiro atoms. The molecule has 42 heavy (non-hydrogen) atoms. The number of aliphatic hydroxyl groups excluding tert-OH is 1. The molecule has 0 aliphatic rings. The number of ether oxygens (including phenoxy) is 3. The van der Waals surface area contributed by atoms with Crippen LogP contribution in [0, 0.1) is 0 Å². The van der Waals surface area contributed by atoms with Gasteiger partial charge in [-0.05, 0) is 23.6 Å². The molecule has 0 atom stereocenters. The highest BCUT2D eigenvalue weighted by atomic mass is 16.6. The maximum atomic E-state index is 13.1. The van der Waals surface area contributed by atoms with Gasteiger partial charge < -0.3 is 34.0 Å². The van der Waals surface area contributed by atoms with Gasteiger partial charge in [-0.15, -0.1) is 0 Å². The van der Waals surface area contributed by atoms with Gasteiger partial charge in [-0.2, -0.15) is 0 Å². The summed E-state index contributed by atoms with van der Waals surface area (Å²) in [5, 5.41) is 9.54. The van der Waals surface area contributed by atoms with Crippen molar-refractivity contribution in [2.75, 3.05) is 45.9 Å². The predicted octanol–water partition coefficient (Wildman–Crippen LogP) is 4.92. The second-order valence-corrected chi connectivity index (χ2v) is 9.40. The highest BCUT2D eigenvalue weighted by Gasteiger charge is 2.22. The summed E-state index contributed by atoms with van der Waals surface area (Å²) in [5.74, 6) is 0. The summed E-state index contributed by atoms with van der Waals surface area (Å²) in [6, 6.07) is 27.9. The molecule has 0 aliphatic heterocycles. The van der Waals surface area contributed by atoms with Gasteiger partial charge in [0, 0.05) is 39.3 Å². The Morgan fingerprint density at radius 3 is 1.17 bits per heavy atom. The Morgan fingerprint density at radius 1 is 0.524 bits per heavy atom. The van der Waals surface area contributed by atoms with E-state index in [-0.39, 0.29) is 59.2 Å². The van der Waals surface area contributed by atoms with Gasteiger partial charge in [0.1, 0.15) is 19.8 Å². The predicted molar refractivity (Wildman–Crippen MR) is 157 cm³/mol. The summed E-state index contributed by atoms with van der Waals surface area (Å²) in [6.07, 6.45) is -1.69. The lowest BCUT2D eigenvalue weighted by molar-refractivity contribution is 0.0678. The number of carbonyl (C=O) groups is 3. The summed E-state index contributed by atoms with van der Waals surface area (Å²) >= 11 is 0. The fourth-order valence-electron chi connectivity index (χ4n) is 4.00. The van der Waals surface area contributed by atoms with Crippen LogP contribution in [-0.4, -0.2) is 84.0 Å². The summed E-state index contributed by atoms with van der Waals surface area (Å²) in [7, 11) is 0. The van der Waals surface area contributed by atoms with Gasteiger partial charge >= 0.3 is 18.3 Å². The number of aliphatic hydroxyl groups is 1. The van der Waals surface area contributed by atoms with Crippen LogP contribution in [0.15, 0.2) is 91.0 Å². The molecular formula is C32H39N3O7. The standard InChI is InChI=1S/C32H39N3O7/c1-2-33(30(37)40-24-27-12-6-3-7-13-27)18-19-34(31(38)41-25-28-14-8-4-9-15-28)20-21-35(22-23-36)32(39)42-26-29-16-10-5-11-17-29/h3-17,36H,2,18-26H2,1H3. The fraction of sp³-hybridized carbons (Fsp3) is 0.344. The van der Waals surface area contributed by atoms with Crippen LogP contribution < -0.4 is 0 Å². The molecule has 3 amide bonds. The zero-order valence-corrected chi connectivity index (χ0v) is 24.0. The first kappa shape index (κ1) is 32.0. The van der Waals surface area contributed by atoms with Crippen LogP contribution in [0.3, 0.4) is 0 Å². The number of likely N-dealkylation sites (N-methyl/N-ethyl adjacent to an activating group) is 1. The normalized spacial score (nSPS) is 10.4. The number of nitrogens with zero attached hydrogens (tertiary/aromatic N) is 3. The molecule has 224 valence electrons. The van der Waals surface area contributed by atoms with E-state index in [0.717, 1.165) is 16.7 Å². The van der Waals surface area contributed by atoms with E-state index in [1.54, 1.807) is 0 Å². The van der Waals surface area contributed by atoms with Crippen molar-refractivity contribution >= 4 is 18.3 Å². The van der Waals surface area contributed by atoms with Crippen molar-refractivity contribution in [2.45, 2.75) is 26.7 Å². The van der Waals surface area contributed by atoms with Gasteiger partial charge in [0.15, 0.2) is 0 Å². The van der Waals surface area contributed by atoms with Crippen LogP contribution in [0.5, 0.6) is 0 Å². The van der Waals surface area contributed by atoms with E-state index >= 15 is 0 Å². The second-order valence-electron chi connectivity index (χ2n) is 9.40. The fourth-order valence-corrected chi connectivity index (χ4v) is 4.00. The first-order valence-electron chi connectivity index (χ1n) is 14.0. The zero-order valence-electron chi connectivity index (χ0n) is 24.0. The highest BCUT2D eigenvalue weighted by molar-refractivity contribution is 5.70. The molecule has 3 rings (SSSR count). The van der Waals surface area contributed by atoms with Crippen LogP contribution in [0.25, 0.3) is 0 Å². The minimum absolute atomic E-state index is 0.0351. The van der Waals surface area contributed by atoms with Crippen LogP contribution >= 0.6 is 0 Å². The third-order valence-corrected chi connectivity index (χ3v) is 6.42. The van der Waals surface area contributed by atoms with E-state index in [1.807, 2.05) is 97.9 Å². The molecule has 0 bridgehead atoms. The largest absolute Gasteiger partial charge is 0.445 e. The number of rotatable bonds is 15. The number of amides is 3.